The molecule has 0 N–H and O–H groups in total. The maximum absolute atomic E-state index is 11.5. The number of hydrogen-bond acceptors (Lipinski definition) is 3. The maximum Gasteiger partial charge on any atom is 0.305 e. The topological polar surface area (TPSA) is 35.5 Å². The Morgan fingerprint density at radius 3 is 2.20 bits per heavy atom. The molecule has 1 aliphatic heterocycles. The van der Waals surface area contributed by atoms with Crippen LogP contribution in [0, 0.1) is 0 Å². The average Bonchev–Trinajstić information content (AvgIpc) is 2.40. The van der Waals surface area contributed by atoms with Gasteiger partial charge >= 0.3 is 5.97 Å². The molecule has 0 unspecified atom stereocenters. The van der Waals surface area contributed by atoms with Gasteiger partial charge in [-0.2, -0.15) is 0 Å². The molecule has 1 heterocycles. The largest absolute Gasteiger partial charge is 0.466 e. The number of esters is 1. The molecule has 0 atom stereocenters. The summed E-state index contributed by atoms with van der Waals surface area (Å²) in [6.45, 7) is 5.79. The molecule has 0 spiro atoms. The van der Waals surface area contributed by atoms with E-state index in [1.54, 1.807) is 0 Å². The highest BCUT2D eigenvalue weighted by atomic mass is 16.5. The molecule has 0 aromatic heterocycles. The molecule has 20 heavy (non-hydrogen) atoms. The minimum atomic E-state index is -0.0216. The number of carbonyl (C=O) groups excluding carboxylic acids is 1. The molecule has 0 aromatic rings. The average molecular weight is 284 g/mol. The molecular formula is C17H32O3. The first-order valence-corrected chi connectivity index (χ1v) is 8.40. The van der Waals surface area contributed by atoms with E-state index in [9.17, 15) is 4.79 Å². The quantitative estimate of drug-likeness (QED) is 0.608. The summed E-state index contributed by atoms with van der Waals surface area (Å²) in [5.74, 6) is -0.0216. The molecular weight excluding hydrogens is 252 g/mol. The van der Waals surface area contributed by atoms with Crippen molar-refractivity contribution in [2.45, 2.75) is 90.1 Å². The van der Waals surface area contributed by atoms with Crippen molar-refractivity contribution >= 4 is 5.97 Å². The summed E-state index contributed by atoms with van der Waals surface area (Å²) in [4.78, 5) is 11.5. The van der Waals surface area contributed by atoms with E-state index in [2.05, 4.69) is 13.8 Å². The maximum atomic E-state index is 11.5. The molecule has 0 bridgehead atoms. The van der Waals surface area contributed by atoms with Crippen molar-refractivity contribution in [1.82, 2.24) is 0 Å². The van der Waals surface area contributed by atoms with Crippen LogP contribution < -0.4 is 0 Å². The van der Waals surface area contributed by atoms with E-state index >= 15 is 0 Å². The van der Waals surface area contributed by atoms with E-state index < -0.39 is 0 Å². The molecule has 0 aromatic carbocycles. The Morgan fingerprint density at radius 1 is 0.800 bits per heavy atom. The van der Waals surface area contributed by atoms with Gasteiger partial charge < -0.3 is 9.47 Å². The summed E-state index contributed by atoms with van der Waals surface area (Å²) in [5, 5.41) is 0. The smallest absolute Gasteiger partial charge is 0.305 e. The summed E-state index contributed by atoms with van der Waals surface area (Å²) in [5.41, 5.74) is 0.0143. The molecule has 1 aliphatic rings. The normalized spacial score (nSPS) is 24.6. The monoisotopic (exact) mass is 284 g/mol. The van der Waals surface area contributed by atoms with Crippen LogP contribution in [0.3, 0.4) is 0 Å². The summed E-state index contributed by atoms with van der Waals surface area (Å²) in [6.07, 6.45) is 12.0. The fraction of sp³-hybridized carbons (Fsp3) is 0.941. The van der Waals surface area contributed by atoms with Crippen molar-refractivity contribution < 1.29 is 14.3 Å². The summed E-state index contributed by atoms with van der Waals surface area (Å²) in [7, 11) is 0. The molecule has 118 valence electrons. The highest BCUT2D eigenvalue weighted by Gasteiger charge is 2.17. The fourth-order valence-electron chi connectivity index (χ4n) is 2.59. The second kappa shape index (κ2) is 10.2. The summed E-state index contributed by atoms with van der Waals surface area (Å²) >= 11 is 0. The van der Waals surface area contributed by atoms with Crippen molar-refractivity contribution in [3.05, 3.63) is 0 Å². The van der Waals surface area contributed by atoms with E-state index in [0.717, 1.165) is 45.1 Å². The SMILES string of the molecule is CC1(C)CCCCCCCCC(=O)OCCCCCO1. The van der Waals surface area contributed by atoms with Gasteiger partial charge in [-0.3, -0.25) is 4.79 Å². The molecule has 1 saturated heterocycles. The predicted octanol–water partition coefficient (Wildman–Crippen LogP) is 4.63. The van der Waals surface area contributed by atoms with Crippen molar-refractivity contribution in [2.24, 2.45) is 0 Å². The fourth-order valence-corrected chi connectivity index (χ4v) is 2.59. The van der Waals surface area contributed by atoms with Crippen LogP contribution in [0.1, 0.15) is 84.5 Å². The van der Waals surface area contributed by atoms with Gasteiger partial charge in [0.2, 0.25) is 0 Å². The molecule has 1 rings (SSSR count). The van der Waals surface area contributed by atoms with Crippen LogP contribution in [0.5, 0.6) is 0 Å². The zero-order valence-electron chi connectivity index (χ0n) is 13.4. The first-order chi connectivity index (χ1) is 9.60. The minimum Gasteiger partial charge on any atom is -0.466 e. The van der Waals surface area contributed by atoms with Crippen molar-refractivity contribution in [3.63, 3.8) is 0 Å². The Bertz CT molecular complexity index is 261. The molecule has 3 heteroatoms. The highest BCUT2D eigenvalue weighted by molar-refractivity contribution is 5.69. The Kier molecular flexibility index (Phi) is 8.92. The minimum absolute atomic E-state index is 0.0143. The highest BCUT2D eigenvalue weighted by Crippen LogP contribution is 2.20. The molecule has 3 nitrogen and oxygen atoms in total. The Morgan fingerprint density at radius 2 is 1.40 bits per heavy atom. The van der Waals surface area contributed by atoms with Crippen LogP contribution in [0.4, 0.5) is 0 Å². The lowest BCUT2D eigenvalue weighted by atomic mass is 9.99. The van der Waals surface area contributed by atoms with Crippen LogP contribution >= 0.6 is 0 Å². The molecule has 1 fully saturated rings. The van der Waals surface area contributed by atoms with E-state index in [-0.39, 0.29) is 11.6 Å². The van der Waals surface area contributed by atoms with E-state index in [1.165, 1.54) is 25.7 Å². The third kappa shape index (κ3) is 9.35. The number of rotatable bonds is 0. The molecule has 0 radical (unpaired) electrons. The second-order valence-electron chi connectivity index (χ2n) is 6.51. The van der Waals surface area contributed by atoms with Gasteiger partial charge in [-0.1, -0.05) is 32.1 Å². The van der Waals surface area contributed by atoms with Gasteiger partial charge in [0.1, 0.15) is 0 Å². The third-order valence-electron chi connectivity index (χ3n) is 3.95. The second-order valence-corrected chi connectivity index (χ2v) is 6.51. The van der Waals surface area contributed by atoms with Gasteiger partial charge in [0, 0.05) is 13.0 Å². The number of hydrogen-bond donors (Lipinski definition) is 0. The number of cyclic esters (lactones) is 1. The van der Waals surface area contributed by atoms with Gasteiger partial charge in [0.05, 0.1) is 12.2 Å². The van der Waals surface area contributed by atoms with E-state index in [1.807, 2.05) is 0 Å². The first kappa shape index (κ1) is 17.5. The first-order valence-electron chi connectivity index (χ1n) is 8.40. The van der Waals surface area contributed by atoms with Crippen LogP contribution in [-0.4, -0.2) is 24.8 Å². The van der Waals surface area contributed by atoms with E-state index in [0.29, 0.717) is 13.0 Å². The zero-order chi connectivity index (χ0) is 14.7. The Labute approximate surface area is 124 Å². The lowest BCUT2D eigenvalue weighted by Gasteiger charge is -2.25. The summed E-state index contributed by atoms with van der Waals surface area (Å²) in [6, 6.07) is 0. The van der Waals surface area contributed by atoms with Gasteiger partial charge in [-0.25, -0.2) is 0 Å². The third-order valence-corrected chi connectivity index (χ3v) is 3.95. The van der Waals surface area contributed by atoms with Crippen LogP contribution in [0.15, 0.2) is 0 Å². The molecule has 0 amide bonds. The Hall–Kier alpha value is -0.570. The van der Waals surface area contributed by atoms with Crippen molar-refractivity contribution in [1.29, 1.82) is 0 Å². The van der Waals surface area contributed by atoms with E-state index in [4.69, 9.17) is 9.47 Å². The molecule has 0 saturated carbocycles. The van der Waals surface area contributed by atoms with Crippen molar-refractivity contribution in [3.8, 4) is 0 Å². The standard InChI is InChI=1S/C17H32O3/c1-17(2)13-9-6-4-3-5-8-12-16(18)19-14-10-7-11-15-20-17/h3-15H2,1-2H3. The number of carbonyl (C=O) groups is 1. The molecule has 0 aliphatic carbocycles. The van der Waals surface area contributed by atoms with Gasteiger partial charge in [-0.15, -0.1) is 0 Å². The van der Waals surface area contributed by atoms with Crippen LogP contribution in [-0.2, 0) is 14.3 Å². The van der Waals surface area contributed by atoms with Gasteiger partial charge in [0.25, 0.3) is 0 Å². The van der Waals surface area contributed by atoms with Crippen LogP contribution in [0.2, 0.25) is 0 Å². The summed E-state index contributed by atoms with van der Waals surface area (Å²) < 4.78 is 11.2. The number of ether oxygens (including phenoxy) is 2. The van der Waals surface area contributed by atoms with Gasteiger partial charge in [-0.05, 0) is 46.0 Å². The lowest BCUT2D eigenvalue weighted by molar-refractivity contribution is -0.143. The van der Waals surface area contributed by atoms with Crippen LogP contribution in [0.25, 0.3) is 0 Å². The predicted molar refractivity (Wildman–Crippen MR) is 81.8 cm³/mol. The zero-order valence-corrected chi connectivity index (χ0v) is 13.4. The lowest BCUT2D eigenvalue weighted by Crippen LogP contribution is -2.24. The van der Waals surface area contributed by atoms with Crippen molar-refractivity contribution in [2.75, 3.05) is 13.2 Å². The van der Waals surface area contributed by atoms with Gasteiger partial charge in [0.15, 0.2) is 0 Å². The Balaban J connectivity index is 2.28.